The molecule has 1 saturated heterocycles. The molecule has 1 aliphatic heterocycles. The van der Waals surface area contributed by atoms with Crippen molar-refractivity contribution in [2.45, 2.75) is 89.3 Å². The molecule has 0 N–H and O–H groups in total. The quantitative estimate of drug-likeness (QED) is 0.226. The SMILES string of the molecule is CSC(=S)OC1[C@H](COCC[Si](C)(C)C)OC(C)(C)O[C@H]1COCC[Si](C)(C)C. The molecule has 0 aromatic carbocycles. The number of hydrogen-bond acceptors (Lipinski definition) is 7. The van der Waals surface area contributed by atoms with Crippen LogP contribution in [0.4, 0.5) is 0 Å². The molecule has 0 unspecified atom stereocenters. The second-order valence-electron chi connectivity index (χ2n) is 10.5. The summed E-state index contributed by atoms with van der Waals surface area (Å²) in [5.41, 5.74) is 0. The lowest BCUT2D eigenvalue weighted by atomic mass is 10.1. The van der Waals surface area contributed by atoms with E-state index >= 15 is 0 Å². The fraction of sp³-hybridized carbons (Fsp3) is 0.950. The molecule has 0 spiro atoms. The smallest absolute Gasteiger partial charge is 0.220 e. The number of ether oxygens (including phenoxy) is 5. The molecule has 2 atom stereocenters. The van der Waals surface area contributed by atoms with Crippen LogP contribution < -0.4 is 0 Å². The Morgan fingerprint density at radius 1 is 0.897 bits per heavy atom. The highest BCUT2D eigenvalue weighted by molar-refractivity contribution is 8.22. The molecule has 172 valence electrons. The molecule has 0 aliphatic carbocycles. The largest absolute Gasteiger partial charge is 0.470 e. The first kappa shape index (κ1) is 27.5. The Kier molecular flexibility index (Phi) is 11.3. The van der Waals surface area contributed by atoms with E-state index in [1.165, 1.54) is 11.8 Å². The van der Waals surface area contributed by atoms with Crippen molar-refractivity contribution in [1.29, 1.82) is 0 Å². The second kappa shape index (κ2) is 11.9. The van der Waals surface area contributed by atoms with Gasteiger partial charge in [-0.25, -0.2) is 0 Å². The van der Waals surface area contributed by atoms with E-state index in [0.29, 0.717) is 17.6 Å². The maximum atomic E-state index is 6.18. The van der Waals surface area contributed by atoms with Crippen LogP contribution in [-0.4, -0.2) is 77.3 Å². The van der Waals surface area contributed by atoms with Gasteiger partial charge in [-0.2, -0.15) is 0 Å². The van der Waals surface area contributed by atoms with Crippen LogP contribution in [0.15, 0.2) is 0 Å². The summed E-state index contributed by atoms with van der Waals surface area (Å²) >= 11 is 6.74. The minimum Gasteiger partial charge on any atom is -0.470 e. The number of hydrogen-bond donors (Lipinski definition) is 0. The Bertz CT molecular complexity index is 472. The summed E-state index contributed by atoms with van der Waals surface area (Å²) < 4.78 is 30.9. The van der Waals surface area contributed by atoms with E-state index in [1.54, 1.807) is 0 Å². The number of thiocarbonyl (C=S) groups is 1. The molecule has 5 nitrogen and oxygen atoms in total. The third kappa shape index (κ3) is 12.2. The van der Waals surface area contributed by atoms with Gasteiger partial charge in [-0.05, 0) is 44.4 Å². The normalized spacial score (nSPS) is 25.1. The van der Waals surface area contributed by atoms with Crippen LogP contribution >= 0.6 is 24.0 Å². The summed E-state index contributed by atoms with van der Waals surface area (Å²) in [5.74, 6) is -0.722. The molecule has 0 saturated carbocycles. The first-order valence-corrected chi connectivity index (χ1v) is 19.5. The third-order valence-corrected chi connectivity index (χ3v) is 8.99. The molecule has 0 amide bonds. The first-order valence-electron chi connectivity index (χ1n) is 10.5. The van der Waals surface area contributed by atoms with Gasteiger partial charge in [-0.3, -0.25) is 0 Å². The van der Waals surface area contributed by atoms with Gasteiger partial charge in [0.1, 0.15) is 12.2 Å². The van der Waals surface area contributed by atoms with E-state index in [-0.39, 0.29) is 18.3 Å². The molecule has 29 heavy (non-hydrogen) atoms. The number of thioether (sulfide) groups is 1. The summed E-state index contributed by atoms with van der Waals surface area (Å²) in [4.78, 5) is 0. The van der Waals surface area contributed by atoms with Crippen LogP contribution in [0, 0.1) is 0 Å². The van der Waals surface area contributed by atoms with Gasteiger partial charge in [0.05, 0.1) is 13.2 Å². The zero-order chi connectivity index (χ0) is 22.3. The van der Waals surface area contributed by atoms with E-state index in [1.807, 2.05) is 20.1 Å². The maximum absolute atomic E-state index is 6.18. The van der Waals surface area contributed by atoms with Crippen molar-refractivity contribution in [2.24, 2.45) is 0 Å². The van der Waals surface area contributed by atoms with Crippen LogP contribution in [-0.2, 0) is 23.7 Å². The topological polar surface area (TPSA) is 46.2 Å². The van der Waals surface area contributed by atoms with Crippen molar-refractivity contribution in [1.82, 2.24) is 0 Å². The highest BCUT2D eigenvalue weighted by atomic mass is 32.2. The summed E-state index contributed by atoms with van der Waals surface area (Å²) in [6.45, 7) is 20.4. The van der Waals surface area contributed by atoms with Gasteiger partial charge in [-0.15, -0.1) is 0 Å². The molecule has 0 aromatic heterocycles. The Balaban J connectivity index is 2.76. The first-order chi connectivity index (χ1) is 13.2. The van der Waals surface area contributed by atoms with Crippen molar-refractivity contribution in [2.75, 3.05) is 32.7 Å². The lowest BCUT2D eigenvalue weighted by molar-refractivity contribution is -0.339. The minimum atomic E-state index is -1.13. The Morgan fingerprint density at radius 2 is 1.31 bits per heavy atom. The Hall–Kier alpha value is 0.514. The van der Waals surface area contributed by atoms with Crippen molar-refractivity contribution < 1.29 is 23.7 Å². The lowest BCUT2D eigenvalue weighted by Crippen LogP contribution is -2.58. The summed E-state index contributed by atoms with van der Waals surface area (Å²) in [7, 11) is -2.27. The molecule has 9 heteroatoms. The average Bonchev–Trinajstić information content (AvgIpc) is 2.55. The standard InChI is InChI=1S/C20H42O5S2Si2/c1-20(2)24-16(14-21-10-12-28(4,5)6)18(23-19(26)27-3)17(25-20)15-22-11-13-29(7,8)9/h16-18H,10-15H2,1-9H3/t16-,17-/m0/s1. The van der Waals surface area contributed by atoms with Crippen LogP contribution in [0.2, 0.25) is 51.4 Å². The molecular weight excluding hydrogens is 441 g/mol. The predicted molar refractivity (Wildman–Crippen MR) is 133 cm³/mol. The number of rotatable bonds is 11. The maximum Gasteiger partial charge on any atom is 0.220 e. The molecule has 0 bridgehead atoms. The van der Waals surface area contributed by atoms with Gasteiger partial charge in [0.15, 0.2) is 11.9 Å². The van der Waals surface area contributed by atoms with Crippen LogP contribution in [0.25, 0.3) is 0 Å². The molecule has 1 fully saturated rings. The van der Waals surface area contributed by atoms with E-state index in [9.17, 15) is 0 Å². The van der Waals surface area contributed by atoms with Crippen molar-refractivity contribution in [3.63, 3.8) is 0 Å². The van der Waals surface area contributed by atoms with Gasteiger partial charge in [0.2, 0.25) is 4.38 Å². The molecule has 1 aliphatic rings. The zero-order valence-corrected chi connectivity index (χ0v) is 23.5. The Morgan fingerprint density at radius 3 is 1.66 bits per heavy atom. The minimum absolute atomic E-state index is 0.254. The Labute approximate surface area is 189 Å². The third-order valence-electron chi connectivity index (χ3n) is 4.56. The van der Waals surface area contributed by atoms with Gasteiger partial charge in [0, 0.05) is 29.4 Å². The van der Waals surface area contributed by atoms with Gasteiger partial charge < -0.3 is 23.7 Å². The summed E-state index contributed by atoms with van der Waals surface area (Å²) in [6.07, 6.45) is 1.06. The van der Waals surface area contributed by atoms with Crippen molar-refractivity contribution in [3.8, 4) is 0 Å². The summed E-state index contributed by atoms with van der Waals surface area (Å²) in [6, 6.07) is 2.25. The highest BCUT2D eigenvalue weighted by Gasteiger charge is 2.45. The second-order valence-corrected chi connectivity index (χ2v) is 23.2. The highest BCUT2D eigenvalue weighted by Crippen LogP contribution is 2.30. The molecular formula is C20H42O5S2Si2. The average molecular weight is 483 g/mol. The van der Waals surface area contributed by atoms with Crippen LogP contribution in [0.5, 0.6) is 0 Å². The molecule has 1 heterocycles. The van der Waals surface area contributed by atoms with E-state index in [4.69, 9.17) is 35.9 Å². The van der Waals surface area contributed by atoms with Crippen LogP contribution in [0.3, 0.4) is 0 Å². The molecule has 1 rings (SSSR count). The van der Waals surface area contributed by atoms with Crippen LogP contribution in [0.1, 0.15) is 13.8 Å². The summed E-state index contributed by atoms with van der Waals surface area (Å²) in [5, 5.41) is 0. The van der Waals surface area contributed by atoms with E-state index in [0.717, 1.165) is 25.3 Å². The zero-order valence-electron chi connectivity index (χ0n) is 19.8. The van der Waals surface area contributed by atoms with E-state index in [2.05, 4.69) is 39.3 Å². The van der Waals surface area contributed by atoms with Crippen molar-refractivity contribution >= 4 is 44.5 Å². The molecule has 0 radical (unpaired) electrons. The van der Waals surface area contributed by atoms with Gasteiger partial charge in [0.25, 0.3) is 0 Å². The monoisotopic (exact) mass is 482 g/mol. The van der Waals surface area contributed by atoms with E-state index < -0.39 is 21.9 Å². The molecule has 0 aromatic rings. The van der Waals surface area contributed by atoms with Gasteiger partial charge in [-0.1, -0.05) is 51.0 Å². The predicted octanol–water partition coefficient (Wildman–Crippen LogP) is 5.25. The van der Waals surface area contributed by atoms with Gasteiger partial charge >= 0.3 is 0 Å². The van der Waals surface area contributed by atoms with Crippen molar-refractivity contribution in [3.05, 3.63) is 0 Å². The fourth-order valence-electron chi connectivity index (χ4n) is 2.85. The fourth-order valence-corrected chi connectivity index (χ4v) is 4.69. The lowest BCUT2D eigenvalue weighted by Gasteiger charge is -2.45.